The van der Waals surface area contributed by atoms with Crippen LogP contribution >= 0.6 is 11.6 Å². The topological polar surface area (TPSA) is 17.0 Å². The first-order valence-corrected chi connectivity index (χ1v) is 7.10. The number of benzene rings is 1. The molecule has 0 aliphatic heterocycles. The van der Waals surface area contributed by atoms with Gasteiger partial charge < -0.3 is 9.88 Å². The molecular formula is C15H21ClN2. The summed E-state index contributed by atoms with van der Waals surface area (Å²) < 4.78 is 2.26. The van der Waals surface area contributed by atoms with Gasteiger partial charge in [-0.2, -0.15) is 0 Å². The molecule has 18 heavy (non-hydrogen) atoms. The fraction of sp³-hybridized carbons (Fsp3) is 0.467. The van der Waals surface area contributed by atoms with Gasteiger partial charge in [-0.05, 0) is 31.0 Å². The lowest BCUT2D eigenvalue weighted by molar-refractivity contribution is 0.468. The molecule has 0 aliphatic carbocycles. The highest BCUT2D eigenvalue weighted by Gasteiger charge is 2.05. The number of nitrogens with one attached hydrogen (secondary N) is 1. The van der Waals surface area contributed by atoms with Gasteiger partial charge in [-0.15, -0.1) is 0 Å². The molecule has 0 saturated carbocycles. The maximum atomic E-state index is 6.17. The lowest BCUT2D eigenvalue weighted by atomic mass is 10.2. The standard InChI is InChI=1S/C15H21ClN2/c1-3-12(4-2)17-9-11-18-10-8-13-14(16)6-5-7-15(13)18/h5-8,10,12,17H,3-4,9,11H2,1-2H3. The molecule has 2 aromatic rings. The third-order valence-electron chi connectivity index (χ3n) is 3.53. The molecule has 1 heterocycles. The molecule has 2 rings (SSSR count). The first-order valence-electron chi connectivity index (χ1n) is 6.73. The largest absolute Gasteiger partial charge is 0.346 e. The molecule has 2 nitrogen and oxygen atoms in total. The quantitative estimate of drug-likeness (QED) is 0.832. The number of fused-ring (bicyclic) bond motifs is 1. The molecule has 1 aromatic carbocycles. The van der Waals surface area contributed by atoms with E-state index in [0.717, 1.165) is 23.5 Å². The first-order chi connectivity index (χ1) is 8.76. The zero-order valence-corrected chi connectivity index (χ0v) is 11.9. The highest BCUT2D eigenvalue weighted by Crippen LogP contribution is 2.23. The van der Waals surface area contributed by atoms with Crippen LogP contribution in [-0.4, -0.2) is 17.2 Å². The molecule has 0 bridgehead atoms. The Morgan fingerprint density at radius 2 is 2.00 bits per heavy atom. The lowest BCUT2D eigenvalue weighted by Crippen LogP contribution is -2.30. The first kappa shape index (κ1) is 13.4. The Morgan fingerprint density at radius 1 is 1.22 bits per heavy atom. The summed E-state index contributed by atoms with van der Waals surface area (Å²) in [6.07, 6.45) is 4.49. The summed E-state index contributed by atoms with van der Waals surface area (Å²) >= 11 is 6.17. The van der Waals surface area contributed by atoms with E-state index in [9.17, 15) is 0 Å². The molecule has 0 radical (unpaired) electrons. The van der Waals surface area contributed by atoms with Crippen molar-refractivity contribution in [1.82, 2.24) is 9.88 Å². The average Bonchev–Trinajstić information content (AvgIpc) is 2.80. The molecule has 0 amide bonds. The van der Waals surface area contributed by atoms with E-state index in [1.54, 1.807) is 0 Å². The predicted octanol–water partition coefficient (Wildman–Crippen LogP) is 4.07. The summed E-state index contributed by atoms with van der Waals surface area (Å²) in [4.78, 5) is 0. The van der Waals surface area contributed by atoms with E-state index < -0.39 is 0 Å². The van der Waals surface area contributed by atoms with Crippen molar-refractivity contribution in [3.05, 3.63) is 35.5 Å². The summed E-state index contributed by atoms with van der Waals surface area (Å²) in [7, 11) is 0. The van der Waals surface area contributed by atoms with E-state index in [0.29, 0.717) is 6.04 Å². The zero-order chi connectivity index (χ0) is 13.0. The molecule has 0 spiro atoms. The maximum Gasteiger partial charge on any atom is 0.0499 e. The fourth-order valence-corrected chi connectivity index (χ4v) is 2.58. The third-order valence-corrected chi connectivity index (χ3v) is 3.86. The summed E-state index contributed by atoms with van der Waals surface area (Å²) in [6, 6.07) is 8.80. The van der Waals surface area contributed by atoms with Gasteiger partial charge in [0, 0.05) is 41.3 Å². The fourth-order valence-electron chi connectivity index (χ4n) is 2.35. The Balaban J connectivity index is 2.02. The normalized spacial score (nSPS) is 11.6. The molecule has 98 valence electrons. The number of halogens is 1. The average molecular weight is 265 g/mol. The molecule has 0 saturated heterocycles. The van der Waals surface area contributed by atoms with Gasteiger partial charge in [-0.25, -0.2) is 0 Å². The van der Waals surface area contributed by atoms with E-state index in [1.807, 2.05) is 12.1 Å². The maximum absolute atomic E-state index is 6.17. The van der Waals surface area contributed by atoms with Crippen LogP contribution in [0.3, 0.4) is 0 Å². The van der Waals surface area contributed by atoms with E-state index in [2.05, 4.69) is 42.1 Å². The highest BCUT2D eigenvalue weighted by atomic mass is 35.5. The Labute approximate surface area is 114 Å². The highest BCUT2D eigenvalue weighted by molar-refractivity contribution is 6.35. The summed E-state index contributed by atoms with van der Waals surface area (Å²) in [5.41, 5.74) is 1.22. The van der Waals surface area contributed by atoms with Crippen LogP contribution < -0.4 is 5.32 Å². The van der Waals surface area contributed by atoms with E-state index in [-0.39, 0.29) is 0 Å². The third kappa shape index (κ3) is 2.88. The predicted molar refractivity (Wildman–Crippen MR) is 79.3 cm³/mol. The van der Waals surface area contributed by atoms with Gasteiger partial charge in [-0.1, -0.05) is 31.5 Å². The number of hydrogen-bond acceptors (Lipinski definition) is 1. The molecule has 0 fully saturated rings. The van der Waals surface area contributed by atoms with E-state index in [4.69, 9.17) is 11.6 Å². The number of hydrogen-bond donors (Lipinski definition) is 1. The Bertz CT molecular complexity index is 500. The lowest BCUT2D eigenvalue weighted by Gasteiger charge is -2.15. The van der Waals surface area contributed by atoms with Crippen molar-refractivity contribution in [3.63, 3.8) is 0 Å². The number of nitrogens with zero attached hydrogens (tertiary/aromatic N) is 1. The van der Waals surface area contributed by atoms with Gasteiger partial charge in [0.2, 0.25) is 0 Å². The Kier molecular flexibility index (Phi) is 4.67. The summed E-state index contributed by atoms with van der Waals surface area (Å²) in [5.74, 6) is 0. The minimum Gasteiger partial charge on any atom is -0.346 e. The van der Waals surface area contributed by atoms with Crippen molar-refractivity contribution in [2.45, 2.75) is 39.3 Å². The summed E-state index contributed by atoms with van der Waals surface area (Å²) in [6.45, 7) is 6.45. The number of rotatable bonds is 6. The van der Waals surface area contributed by atoms with Crippen molar-refractivity contribution in [2.75, 3.05) is 6.54 Å². The smallest absolute Gasteiger partial charge is 0.0499 e. The van der Waals surface area contributed by atoms with Gasteiger partial charge in [0.15, 0.2) is 0 Å². The monoisotopic (exact) mass is 264 g/mol. The van der Waals surface area contributed by atoms with E-state index >= 15 is 0 Å². The van der Waals surface area contributed by atoms with Crippen LogP contribution in [0.15, 0.2) is 30.5 Å². The van der Waals surface area contributed by atoms with Crippen LogP contribution in [0.25, 0.3) is 10.9 Å². The number of aromatic nitrogens is 1. The molecule has 1 aromatic heterocycles. The summed E-state index contributed by atoms with van der Waals surface area (Å²) in [5, 5.41) is 5.56. The second-order valence-electron chi connectivity index (χ2n) is 4.65. The molecule has 1 N–H and O–H groups in total. The molecule has 0 unspecified atom stereocenters. The Morgan fingerprint density at radius 3 is 2.72 bits per heavy atom. The van der Waals surface area contributed by atoms with Crippen LogP contribution in [-0.2, 0) is 6.54 Å². The second-order valence-corrected chi connectivity index (χ2v) is 5.06. The van der Waals surface area contributed by atoms with Gasteiger partial charge in [0.05, 0.1) is 0 Å². The molecule has 3 heteroatoms. The van der Waals surface area contributed by atoms with Crippen LogP contribution in [0, 0.1) is 0 Å². The van der Waals surface area contributed by atoms with Crippen LogP contribution in [0.1, 0.15) is 26.7 Å². The minimum absolute atomic E-state index is 0.635. The van der Waals surface area contributed by atoms with Crippen LogP contribution in [0.5, 0.6) is 0 Å². The van der Waals surface area contributed by atoms with Crippen molar-refractivity contribution in [3.8, 4) is 0 Å². The van der Waals surface area contributed by atoms with Gasteiger partial charge in [0.1, 0.15) is 0 Å². The zero-order valence-electron chi connectivity index (χ0n) is 11.1. The van der Waals surface area contributed by atoms with Crippen molar-refractivity contribution in [2.24, 2.45) is 0 Å². The second kappa shape index (κ2) is 6.26. The van der Waals surface area contributed by atoms with Crippen molar-refractivity contribution >= 4 is 22.5 Å². The van der Waals surface area contributed by atoms with Gasteiger partial charge in [-0.3, -0.25) is 0 Å². The molecule has 0 aliphatic rings. The molecule has 0 atom stereocenters. The van der Waals surface area contributed by atoms with E-state index in [1.165, 1.54) is 18.4 Å². The van der Waals surface area contributed by atoms with Crippen LogP contribution in [0.2, 0.25) is 5.02 Å². The molecular weight excluding hydrogens is 244 g/mol. The van der Waals surface area contributed by atoms with Gasteiger partial charge in [0.25, 0.3) is 0 Å². The van der Waals surface area contributed by atoms with Crippen molar-refractivity contribution < 1.29 is 0 Å². The SMILES string of the molecule is CCC(CC)NCCn1ccc2c(Cl)cccc21. The Hall–Kier alpha value is -0.990. The van der Waals surface area contributed by atoms with Crippen LogP contribution in [0.4, 0.5) is 0 Å². The van der Waals surface area contributed by atoms with Gasteiger partial charge >= 0.3 is 0 Å². The van der Waals surface area contributed by atoms with Crippen molar-refractivity contribution in [1.29, 1.82) is 0 Å². The minimum atomic E-state index is 0.635.